The van der Waals surface area contributed by atoms with E-state index in [-0.39, 0.29) is 26.1 Å². The molecule has 0 rings (SSSR count). The molecule has 0 aromatic carbocycles. The normalized spacial score (nSPS) is 11.2. The van der Waals surface area contributed by atoms with Crippen molar-refractivity contribution in [1.29, 1.82) is 0 Å². The van der Waals surface area contributed by atoms with Crippen LogP contribution >= 0.6 is 21.6 Å². The van der Waals surface area contributed by atoms with Crippen molar-refractivity contribution in [3.8, 4) is 0 Å². The molecule has 0 aromatic rings. The Kier molecular flexibility index (Phi) is 30.0. The molecule has 0 atom stereocenters. The molecule has 0 aliphatic heterocycles. The molecule has 0 fully saturated rings. The average molecular weight is 563 g/mol. The van der Waals surface area contributed by atoms with E-state index in [1.807, 2.05) is 0 Å². The molecular weight excluding hydrogens is 520 g/mol. The lowest BCUT2D eigenvalue weighted by Gasteiger charge is -2.08. The van der Waals surface area contributed by atoms with Crippen molar-refractivity contribution >= 4 is 33.5 Å². The van der Waals surface area contributed by atoms with Crippen LogP contribution in [0.15, 0.2) is 0 Å². The Hall–Kier alpha value is -0.680. The Morgan fingerprint density at radius 1 is 0.389 bits per heavy atom. The molecule has 0 heterocycles. The third-order valence-electron chi connectivity index (χ3n) is 3.86. The lowest BCUT2D eigenvalue weighted by atomic mass is 10.5. The molecule has 14 heteroatoms. The van der Waals surface area contributed by atoms with Crippen LogP contribution in [0.5, 0.6) is 0 Å². The van der Waals surface area contributed by atoms with Crippen molar-refractivity contribution in [1.82, 2.24) is 0 Å². The first kappa shape index (κ1) is 35.3. The van der Waals surface area contributed by atoms with E-state index in [9.17, 15) is 9.59 Å². The largest absolute Gasteiger partial charge is 0.481 e. The highest BCUT2D eigenvalue weighted by molar-refractivity contribution is 8.76. The predicted octanol–water partition coefficient (Wildman–Crippen LogP) is 1.45. The molecule has 2 N–H and O–H groups in total. The number of rotatable bonds is 31. The van der Waals surface area contributed by atoms with E-state index in [1.54, 1.807) is 21.6 Å². The van der Waals surface area contributed by atoms with Gasteiger partial charge in [0.1, 0.15) is 0 Å². The molecule has 36 heavy (non-hydrogen) atoms. The molecule has 0 aliphatic carbocycles. The van der Waals surface area contributed by atoms with Gasteiger partial charge in [0, 0.05) is 11.5 Å². The quantitative estimate of drug-likeness (QED) is 0.0927. The van der Waals surface area contributed by atoms with E-state index < -0.39 is 11.9 Å². The van der Waals surface area contributed by atoms with Gasteiger partial charge in [-0.05, 0) is 0 Å². The van der Waals surface area contributed by atoms with Gasteiger partial charge in [-0.15, -0.1) is 0 Å². The molecule has 0 saturated heterocycles. The summed E-state index contributed by atoms with van der Waals surface area (Å²) in [6, 6.07) is 0. The Bertz CT molecular complexity index is 446. The van der Waals surface area contributed by atoms with Gasteiger partial charge in [-0.1, -0.05) is 21.6 Å². The van der Waals surface area contributed by atoms with Gasteiger partial charge in [0.05, 0.1) is 119 Å². The monoisotopic (exact) mass is 562 g/mol. The third-order valence-corrected chi connectivity index (χ3v) is 6.19. The van der Waals surface area contributed by atoms with Crippen LogP contribution in [-0.2, 0) is 47.5 Å². The zero-order chi connectivity index (χ0) is 26.4. The van der Waals surface area contributed by atoms with Crippen LogP contribution in [0, 0.1) is 0 Å². The summed E-state index contributed by atoms with van der Waals surface area (Å²) >= 11 is 0. The van der Waals surface area contributed by atoms with Crippen LogP contribution in [0.3, 0.4) is 0 Å². The van der Waals surface area contributed by atoms with Crippen LogP contribution < -0.4 is 0 Å². The summed E-state index contributed by atoms with van der Waals surface area (Å²) in [7, 11) is 3.49. The molecule has 0 spiro atoms. The second-order valence-electron chi connectivity index (χ2n) is 6.83. The molecule has 0 saturated carbocycles. The molecule has 214 valence electrons. The number of carbonyl (C=O) groups is 2. The zero-order valence-corrected chi connectivity index (χ0v) is 22.6. The summed E-state index contributed by atoms with van der Waals surface area (Å²) in [5.41, 5.74) is 0. The van der Waals surface area contributed by atoms with Gasteiger partial charge in [-0.2, -0.15) is 0 Å². The van der Waals surface area contributed by atoms with E-state index in [1.165, 1.54) is 0 Å². The van der Waals surface area contributed by atoms with Crippen LogP contribution in [0.2, 0.25) is 0 Å². The van der Waals surface area contributed by atoms with Crippen molar-refractivity contribution < 1.29 is 57.7 Å². The summed E-state index contributed by atoms with van der Waals surface area (Å²) in [5, 5.41) is 16.9. The number of hydrogen-bond donors (Lipinski definition) is 2. The van der Waals surface area contributed by atoms with E-state index in [0.717, 1.165) is 11.5 Å². The average Bonchev–Trinajstić information content (AvgIpc) is 2.85. The predicted molar refractivity (Wildman–Crippen MR) is 136 cm³/mol. The van der Waals surface area contributed by atoms with Gasteiger partial charge in [0.2, 0.25) is 0 Å². The van der Waals surface area contributed by atoms with Crippen LogP contribution in [-0.4, -0.2) is 139 Å². The maximum Gasteiger partial charge on any atom is 0.305 e. The van der Waals surface area contributed by atoms with Gasteiger partial charge in [-0.3, -0.25) is 9.59 Å². The fourth-order valence-corrected chi connectivity index (χ4v) is 3.87. The highest BCUT2D eigenvalue weighted by Crippen LogP contribution is 2.20. The topological polar surface area (TPSA) is 148 Å². The second-order valence-corrected chi connectivity index (χ2v) is 9.53. The molecule has 0 unspecified atom stereocenters. The van der Waals surface area contributed by atoms with E-state index >= 15 is 0 Å². The Morgan fingerprint density at radius 2 is 0.611 bits per heavy atom. The summed E-state index contributed by atoms with van der Waals surface area (Å²) < 4.78 is 42.6. The Balaban J connectivity index is 3.03. The van der Waals surface area contributed by atoms with Crippen molar-refractivity contribution in [3.05, 3.63) is 0 Å². The smallest absolute Gasteiger partial charge is 0.305 e. The van der Waals surface area contributed by atoms with E-state index in [4.69, 9.17) is 48.1 Å². The Labute approximate surface area is 221 Å². The van der Waals surface area contributed by atoms with Crippen LogP contribution in [0.25, 0.3) is 0 Å². The zero-order valence-electron chi connectivity index (χ0n) is 20.9. The van der Waals surface area contributed by atoms with Gasteiger partial charge in [-0.25, -0.2) is 0 Å². The van der Waals surface area contributed by atoms with Crippen molar-refractivity contribution in [2.75, 3.05) is 117 Å². The highest BCUT2D eigenvalue weighted by atomic mass is 33.1. The van der Waals surface area contributed by atoms with Crippen molar-refractivity contribution in [2.24, 2.45) is 0 Å². The summed E-state index contributed by atoms with van der Waals surface area (Å²) in [5.74, 6) is 0.0427. The standard InChI is InChI=1S/C22H42O12S2/c23-21(24)1-3-27-5-7-29-9-11-31-13-15-33-17-19-35-36-20-18-34-16-14-32-12-10-30-8-6-28-4-2-22(25)26/h1-20H2,(H,23,24)(H,25,26). The number of ether oxygens (including phenoxy) is 8. The van der Waals surface area contributed by atoms with Gasteiger partial charge >= 0.3 is 11.9 Å². The number of carboxylic acid groups (broad SMARTS) is 2. The molecule has 0 radical (unpaired) electrons. The fourth-order valence-electron chi connectivity index (χ4n) is 2.15. The van der Waals surface area contributed by atoms with E-state index in [2.05, 4.69) is 0 Å². The first-order valence-corrected chi connectivity index (χ1v) is 14.4. The number of carboxylic acids is 2. The van der Waals surface area contributed by atoms with Crippen LogP contribution in [0.4, 0.5) is 0 Å². The number of hydrogen-bond acceptors (Lipinski definition) is 12. The highest BCUT2D eigenvalue weighted by Gasteiger charge is 1.98. The van der Waals surface area contributed by atoms with Crippen LogP contribution in [0.1, 0.15) is 12.8 Å². The van der Waals surface area contributed by atoms with Gasteiger partial charge < -0.3 is 48.1 Å². The van der Waals surface area contributed by atoms with Gasteiger partial charge in [0.25, 0.3) is 0 Å². The number of aliphatic carboxylic acids is 2. The first-order valence-electron chi connectivity index (χ1n) is 11.9. The Morgan fingerprint density at radius 3 is 0.861 bits per heavy atom. The summed E-state index contributed by atoms with van der Waals surface area (Å²) in [6.07, 6.45) is 0.00544. The molecular formula is C22H42O12S2. The lowest BCUT2D eigenvalue weighted by Crippen LogP contribution is -2.13. The van der Waals surface area contributed by atoms with Crippen molar-refractivity contribution in [3.63, 3.8) is 0 Å². The molecule has 0 aromatic heterocycles. The molecule has 12 nitrogen and oxygen atoms in total. The van der Waals surface area contributed by atoms with Gasteiger partial charge in [0.15, 0.2) is 0 Å². The summed E-state index contributed by atoms with van der Waals surface area (Å²) in [6.45, 7) is 7.31. The lowest BCUT2D eigenvalue weighted by molar-refractivity contribution is -0.139. The SMILES string of the molecule is O=C(O)CCOCCOCCOCCOCCSSCCOCCOCCOCCOCCC(=O)O. The molecule has 0 bridgehead atoms. The molecule has 0 amide bonds. The third kappa shape index (κ3) is 33.3. The minimum absolute atomic E-state index is 0.00272. The summed E-state index contributed by atoms with van der Waals surface area (Å²) in [4.78, 5) is 20.6. The minimum atomic E-state index is -0.871. The molecule has 0 aliphatic rings. The maximum absolute atomic E-state index is 10.3. The fraction of sp³-hybridized carbons (Fsp3) is 0.909. The van der Waals surface area contributed by atoms with Crippen molar-refractivity contribution in [2.45, 2.75) is 12.8 Å². The maximum atomic E-state index is 10.3. The first-order chi connectivity index (χ1) is 17.6. The minimum Gasteiger partial charge on any atom is -0.481 e. The second kappa shape index (κ2) is 30.5. The van der Waals surface area contributed by atoms with E-state index in [0.29, 0.717) is 92.5 Å².